The number of hydrogen-bond acceptors (Lipinski definition) is 5. The Balaban J connectivity index is 1.89. The predicted octanol–water partition coefficient (Wildman–Crippen LogP) is 2.52. The second-order valence-corrected chi connectivity index (χ2v) is 5.31. The van der Waals surface area contributed by atoms with Gasteiger partial charge in [-0.2, -0.15) is 9.50 Å². The lowest BCUT2D eigenvalue weighted by Crippen LogP contribution is -2.07. The quantitative estimate of drug-likeness (QED) is 0.533. The summed E-state index contributed by atoms with van der Waals surface area (Å²) in [5, 5.41) is 4.37. The summed E-state index contributed by atoms with van der Waals surface area (Å²) in [4.78, 5) is 14.5. The first-order chi connectivity index (χ1) is 11.7. The van der Waals surface area contributed by atoms with Crippen molar-refractivity contribution in [3.8, 4) is 5.75 Å². The van der Waals surface area contributed by atoms with Crippen LogP contribution in [0.15, 0.2) is 41.5 Å². The summed E-state index contributed by atoms with van der Waals surface area (Å²) in [5.41, 5.74) is 1.93. The third-order valence-electron chi connectivity index (χ3n) is 3.23. The third-order valence-corrected chi connectivity index (χ3v) is 3.23. The molecule has 0 amide bonds. The molecule has 24 heavy (non-hydrogen) atoms. The fourth-order valence-corrected chi connectivity index (χ4v) is 2.05. The number of aliphatic imine (C=N–C) groups is 1. The Hall–Kier alpha value is -3.22. The van der Waals surface area contributed by atoms with Gasteiger partial charge >= 0.3 is 0 Å². The Morgan fingerprint density at radius 1 is 1.12 bits per heavy atom. The van der Waals surface area contributed by atoms with Crippen LogP contribution < -0.4 is 4.74 Å². The predicted molar refractivity (Wildman–Crippen MR) is 94.5 cm³/mol. The van der Waals surface area contributed by atoms with E-state index in [9.17, 15) is 0 Å². The molecule has 0 N–H and O–H groups in total. The maximum atomic E-state index is 5.16. The molecule has 122 valence electrons. The van der Waals surface area contributed by atoms with Gasteiger partial charge in [-0.25, -0.2) is 9.98 Å². The molecular formula is C17H18N6O. The molecule has 0 spiro atoms. The number of hydrogen-bond donors (Lipinski definition) is 0. The zero-order valence-electron chi connectivity index (χ0n) is 13.8. The first-order valence-corrected chi connectivity index (χ1v) is 7.40. The Bertz CT molecular complexity index is 880. The Kier molecular flexibility index (Phi) is 4.51. The van der Waals surface area contributed by atoms with Crippen LogP contribution in [0.1, 0.15) is 11.3 Å². The van der Waals surface area contributed by atoms with E-state index in [1.54, 1.807) is 24.2 Å². The number of rotatable bonds is 5. The normalized spacial score (nSPS) is 11.6. The Morgan fingerprint density at radius 3 is 2.62 bits per heavy atom. The zero-order chi connectivity index (χ0) is 16.9. The number of nitrogens with zero attached hydrogens (tertiary/aromatic N) is 6. The summed E-state index contributed by atoms with van der Waals surface area (Å²) in [6.07, 6.45) is 7.32. The van der Waals surface area contributed by atoms with Crippen LogP contribution in [0.4, 0.5) is 5.95 Å². The summed E-state index contributed by atoms with van der Waals surface area (Å²) in [5.74, 6) is 1.72. The van der Waals surface area contributed by atoms with Crippen molar-refractivity contribution in [2.24, 2.45) is 4.99 Å². The van der Waals surface area contributed by atoms with Crippen molar-refractivity contribution < 1.29 is 4.74 Å². The van der Waals surface area contributed by atoms with Crippen molar-refractivity contribution in [3.05, 3.63) is 47.8 Å². The van der Waals surface area contributed by atoms with Crippen LogP contribution in [0.25, 0.3) is 17.9 Å². The molecule has 7 heteroatoms. The first kappa shape index (κ1) is 15.7. The van der Waals surface area contributed by atoms with Crippen LogP contribution >= 0.6 is 0 Å². The third kappa shape index (κ3) is 3.57. The monoisotopic (exact) mass is 322 g/mol. The van der Waals surface area contributed by atoms with Crippen molar-refractivity contribution in [2.45, 2.75) is 0 Å². The van der Waals surface area contributed by atoms with Crippen LogP contribution in [0.5, 0.6) is 5.75 Å². The molecule has 3 aromatic rings. The van der Waals surface area contributed by atoms with Gasteiger partial charge in [-0.05, 0) is 29.8 Å². The van der Waals surface area contributed by atoms with Crippen molar-refractivity contribution in [3.63, 3.8) is 0 Å². The molecule has 2 heterocycles. The summed E-state index contributed by atoms with van der Waals surface area (Å²) >= 11 is 0. The summed E-state index contributed by atoms with van der Waals surface area (Å²) in [6, 6.07) is 9.70. The van der Waals surface area contributed by atoms with E-state index in [4.69, 9.17) is 4.74 Å². The second-order valence-electron chi connectivity index (χ2n) is 5.31. The van der Waals surface area contributed by atoms with E-state index in [2.05, 4.69) is 20.1 Å². The molecule has 0 fully saturated rings. The van der Waals surface area contributed by atoms with Crippen LogP contribution in [0.2, 0.25) is 0 Å². The number of ether oxygens (including phenoxy) is 1. The smallest absolute Gasteiger partial charge is 0.272 e. The van der Waals surface area contributed by atoms with Gasteiger partial charge in [0.2, 0.25) is 0 Å². The largest absolute Gasteiger partial charge is 0.497 e. The zero-order valence-corrected chi connectivity index (χ0v) is 13.8. The molecule has 2 aromatic heterocycles. The van der Waals surface area contributed by atoms with Crippen molar-refractivity contribution in [1.29, 1.82) is 0 Å². The van der Waals surface area contributed by atoms with Gasteiger partial charge in [0.15, 0.2) is 0 Å². The standard InChI is InChI=1S/C17H18N6O/c1-22(2)12-19-16-20-17-18-11-10-14(23(17)21-16)7-4-13-5-8-15(24-3)9-6-13/h4-12H,1-3H3. The highest BCUT2D eigenvalue weighted by Gasteiger charge is 2.05. The van der Waals surface area contributed by atoms with Gasteiger partial charge in [-0.3, -0.25) is 0 Å². The minimum Gasteiger partial charge on any atom is -0.497 e. The van der Waals surface area contributed by atoms with Crippen molar-refractivity contribution in [2.75, 3.05) is 21.2 Å². The molecule has 0 saturated carbocycles. The first-order valence-electron chi connectivity index (χ1n) is 7.40. The molecule has 7 nitrogen and oxygen atoms in total. The Labute approximate surface area is 140 Å². The minimum absolute atomic E-state index is 0.376. The molecule has 0 radical (unpaired) electrons. The molecule has 3 rings (SSSR count). The number of fused-ring (bicyclic) bond motifs is 1. The van der Waals surface area contributed by atoms with E-state index in [-0.39, 0.29) is 0 Å². The lowest BCUT2D eigenvalue weighted by molar-refractivity contribution is 0.415. The van der Waals surface area contributed by atoms with Crippen LogP contribution in [-0.2, 0) is 0 Å². The summed E-state index contributed by atoms with van der Waals surface area (Å²) in [7, 11) is 5.43. The minimum atomic E-state index is 0.376. The number of methoxy groups -OCH3 is 1. The lowest BCUT2D eigenvalue weighted by Gasteiger charge is -2.00. The van der Waals surface area contributed by atoms with Gasteiger partial charge in [-0.1, -0.05) is 18.2 Å². The molecule has 0 saturated heterocycles. The maximum Gasteiger partial charge on any atom is 0.272 e. The molecular weight excluding hydrogens is 304 g/mol. The SMILES string of the molecule is COc1ccc(C=Cc2ccnc3nc(N=CN(C)C)nn23)cc1. The van der Waals surface area contributed by atoms with Gasteiger partial charge < -0.3 is 9.64 Å². The highest BCUT2D eigenvalue weighted by atomic mass is 16.5. The van der Waals surface area contributed by atoms with Gasteiger partial charge in [-0.15, -0.1) is 5.10 Å². The van der Waals surface area contributed by atoms with Crippen LogP contribution in [0.3, 0.4) is 0 Å². The highest BCUT2D eigenvalue weighted by molar-refractivity contribution is 5.69. The average molecular weight is 322 g/mol. The fourth-order valence-electron chi connectivity index (χ4n) is 2.05. The molecule has 0 bridgehead atoms. The van der Waals surface area contributed by atoms with Gasteiger partial charge in [0, 0.05) is 20.3 Å². The summed E-state index contributed by atoms with van der Waals surface area (Å²) < 4.78 is 6.83. The van der Waals surface area contributed by atoms with Gasteiger partial charge in [0.05, 0.1) is 19.1 Å². The van der Waals surface area contributed by atoms with Crippen LogP contribution in [-0.4, -0.2) is 52.0 Å². The second kappa shape index (κ2) is 6.91. The van der Waals surface area contributed by atoms with Gasteiger partial charge in [0.1, 0.15) is 5.75 Å². The maximum absolute atomic E-state index is 5.16. The Morgan fingerprint density at radius 2 is 1.92 bits per heavy atom. The number of benzene rings is 1. The van der Waals surface area contributed by atoms with E-state index in [1.807, 2.05) is 61.5 Å². The van der Waals surface area contributed by atoms with E-state index >= 15 is 0 Å². The van der Waals surface area contributed by atoms with E-state index in [1.165, 1.54) is 0 Å². The number of aromatic nitrogens is 4. The van der Waals surface area contributed by atoms with E-state index < -0.39 is 0 Å². The topological polar surface area (TPSA) is 67.9 Å². The molecule has 0 atom stereocenters. The summed E-state index contributed by atoms with van der Waals surface area (Å²) in [6.45, 7) is 0. The lowest BCUT2D eigenvalue weighted by atomic mass is 10.2. The van der Waals surface area contributed by atoms with E-state index in [0.29, 0.717) is 11.7 Å². The molecule has 0 aliphatic heterocycles. The van der Waals surface area contributed by atoms with Crippen LogP contribution in [0, 0.1) is 0 Å². The fraction of sp³-hybridized carbons (Fsp3) is 0.176. The molecule has 1 aromatic carbocycles. The molecule has 0 unspecified atom stereocenters. The van der Waals surface area contributed by atoms with Crippen molar-refractivity contribution in [1.82, 2.24) is 24.5 Å². The highest BCUT2D eigenvalue weighted by Crippen LogP contribution is 2.15. The van der Waals surface area contributed by atoms with Gasteiger partial charge in [0.25, 0.3) is 11.7 Å². The molecule has 0 aliphatic carbocycles. The average Bonchev–Trinajstić information content (AvgIpc) is 3.02. The molecule has 0 aliphatic rings. The van der Waals surface area contributed by atoms with Crippen molar-refractivity contribution >= 4 is 30.2 Å². The van der Waals surface area contributed by atoms with E-state index in [0.717, 1.165) is 17.0 Å².